The largest absolute Gasteiger partial charge is 0.382 e. The van der Waals surface area contributed by atoms with E-state index in [0.717, 1.165) is 11.1 Å². The third-order valence-corrected chi connectivity index (χ3v) is 7.12. The lowest BCUT2D eigenvalue weighted by Gasteiger charge is -2.50. The minimum Gasteiger partial charge on any atom is -0.382 e. The SMILES string of the molecule is CCl.OC1(c2ccc(F)cc2)CN(C(c2ccccc2)c2ccccc2)C1.OC1(c2ccc(F)cc2)CNC1. The summed E-state index contributed by atoms with van der Waals surface area (Å²) in [5.41, 5.74) is 2.26. The Morgan fingerprint density at radius 1 is 0.641 bits per heavy atom. The number of nitrogens with one attached hydrogen (secondary N) is 1. The van der Waals surface area contributed by atoms with E-state index in [-0.39, 0.29) is 17.7 Å². The van der Waals surface area contributed by atoms with E-state index in [2.05, 4.69) is 46.1 Å². The zero-order chi connectivity index (χ0) is 27.9. The fourth-order valence-corrected chi connectivity index (χ4v) is 4.96. The van der Waals surface area contributed by atoms with Crippen LogP contribution in [0.15, 0.2) is 109 Å². The zero-order valence-electron chi connectivity index (χ0n) is 21.8. The van der Waals surface area contributed by atoms with E-state index in [1.165, 1.54) is 41.8 Å². The van der Waals surface area contributed by atoms with Gasteiger partial charge in [0.05, 0.1) is 6.04 Å². The lowest BCUT2D eigenvalue weighted by atomic mass is 9.82. The number of aliphatic hydroxyl groups is 2. The monoisotopic (exact) mass is 550 g/mol. The fourth-order valence-electron chi connectivity index (χ4n) is 4.96. The minimum absolute atomic E-state index is 0.100. The van der Waals surface area contributed by atoms with E-state index in [4.69, 9.17) is 0 Å². The molecule has 2 fully saturated rings. The summed E-state index contributed by atoms with van der Waals surface area (Å²) in [7, 11) is 0. The van der Waals surface area contributed by atoms with Crippen LogP contribution in [0.5, 0.6) is 0 Å². The first-order valence-corrected chi connectivity index (χ1v) is 13.5. The van der Waals surface area contributed by atoms with Crippen molar-refractivity contribution in [3.8, 4) is 0 Å². The van der Waals surface area contributed by atoms with Crippen LogP contribution in [0, 0.1) is 11.6 Å². The molecule has 4 nitrogen and oxygen atoms in total. The van der Waals surface area contributed by atoms with Gasteiger partial charge in [0, 0.05) is 32.6 Å². The minimum atomic E-state index is -0.921. The number of hydrogen-bond donors (Lipinski definition) is 3. The smallest absolute Gasteiger partial charge is 0.123 e. The molecule has 4 aromatic carbocycles. The third-order valence-electron chi connectivity index (χ3n) is 7.12. The van der Waals surface area contributed by atoms with Crippen LogP contribution in [0.3, 0.4) is 0 Å². The van der Waals surface area contributed by atoms with Crippen LogP contribution in [-0.4, -0.2) is 47.7 Å². The molecule has 0 unspecified atom stereocenters. The fraction of sp³-hybridized carbons (Fsp3) is 0.250. The second kappa shape index (κ2) is 12.8. The van der Waals surface area contributed by atoms with Crippen LogP contribution in [-0.2, 0) is 11.2 Å². The molecule has 39 heavy (non-hydrogen) atoms. The quantitative estimate of drug-likeness (QED) is 0.284. The molecule has 2 aliphatic heterocycles. The first kappa shape index (κ1) is 28.9. The van der Waals surface area contributed by atoms with Gasteiger partial charge in [-0.1, -0.05) is 84.9 Å². The molecule has 0 atom stereocenters. The molecule has 204 valence electrons. The highest BCUT2D eigenvalue weighted by Gasteiger charge is 2.46. The molecule has 3 N–H and O–H groups in total. The van der Waals surface area contributed by atoms with Crippen LogP contribution < -0.4 is 5.32 Å². The highest BCUT2D eigenvalue weighted by atomic mass is 35.5. The zero-order valence-corrected chi connectivity index (χ0v) is 22.5. The second-order valence-corrected chi connectivity index (χ2v) is 9.81. The average molecular weight is 551 g/mol. The summed E-state index contributed by atoms with van der Waals surface area (Å²) in [4.78, 5) is 2.26. The van der Waals surface area contributed by atoms with Crippen LogP contribution in [0.25, 0.3) is 0 Å². The van der Waals surface area contributed by atoms with Gasteiger partial charge in [0.1, 0.15) is 22.8 Å². The molecule has 0 saturated carbocycles. The van der Waals surface area contributed by atoms with Gasteiger partial charge in [-0.05, 0) is 46.5 Å². The Morgan fingerprint density at radius 2 is 1.03 bits per heavy atom. The summed E-state index contributed by atoms with van der Waals surface area (Å²) in [5, 5.41) is 23.7. The summed E-state index contributed by atoms with van der Waals surface area (Å²) >= 11 is 4.64. The van der Waals surface area contributed by atoms with Crippen LogP contribution >= 0.6 is 11.6 Å². The molecule has 2 saturated heterocycles. The van der Waals surface area contributed by atoms with E-state index in [9.17, 15) is 19.0 Å². The molecule has 0 bridgehead atoms. The van der Waals surface area contributed by atoms with Gasteiger partial charge < -0.3 is 15.5 Å². The van der Waals surface area contributed by atoms with E-state index in [1.807, 2.05) is 36.4 Å². The Balaban J connectivity index is 0.000000211. The molecule has 0 radical (unpaired) electrons. The van der Waals surface area contributed by atoms with Crippen molar-refractivity contribution in [2.24, 2.45) is 0 Å². The van der Waals surface area contributed by atoms with E-state index in [1.54, 1.807) is 24.3 Å². The number of likely N-dealkylation sites (tertiary alicyclic amines) is 1. The Hall–Kier alpha value is -3.13. The van der Waals surface area contributed by atoms with Gasteiger partial charge >= 0.3 is 0 Å². The molecule has 2 aliphatic rings. The van der Waals surface area contributed by atoms with Crippen molar-refractivity contribution in [2.45, 2.75) is 17.2 Å². The van der Waals surface area contributed by atoms with Gasteiger partial charge in [-0.15, -0.1) is 11.6 Å². The molecular weight excluding hydrogens is 518 g/mol. The topological polar surface area (TPSA) is 55.7 Å². The van der Waals surface area contributed by atoms with E-state index >= 15 is 0 Å². The predicted molar refractivity (Wildman–Crippen MR) is 152 cm³/mol. The Kier molecular flexibility index (Phi) is 9.49. The number of rotatable bonds is 5. The molecule has 2 heterocycles. The van der Waals surface area contributed by atoms with Gasteiger partial charge in [-0.3, -0.25) is 4.90 Å². The van der Waals surface area contributed by atoms with Crippen molar-refractivity contribution >= 4 is 11.6 Å². The number of β-amino-alcohol motifs (C(OH)–C–C–N with tert-alkyl or cyclic N) is 2. The number of benzene rings is 4. The van der Waals surface area contributed by atoms with Crippen molar-refractivity contribution in [1.82, 2.24) is 10.2 Å². The number of hydrogen-bond acceptors (Lipinski definition) is 4. The highest BCUT2D eigenvalue weighted by Crippen LogP contribution is 2.40. The van der Waals surface area contributed by atoms with Crippen molar-refractivity contribution in [2.75, 3.05) is 32.6 Å². The van der Waals surface area contributed by atoms with Gasteiger partial charge in [-0.2, -0.15) is 0 Å². The van der Waals surface area contributed by atoms with Gasteiger partial charge in [0.2, 0.25) is 0 Å². The molecular formula is C32H33ClF2N2O2. The molecule has 0 amide bonds. The Labute approximate surface area is 233 Å². The maximum atomic E-state index is 13.2. The average Bonchev–Trinajstić information content (AvgIpc) is 2.94. The maximum absolute atomic E-state index is 13.2. The van der Waals surface area contributed by atoms with Crippen molar-refractivity contribution in [3.63, 3.8) is 0 Å². The highest BCUT2D eigenvalue weighted by molar-refractivity contribution is 6.15. The maximum Gasteiger partial charge on any atom is 0.123 e. The van der Waals surface area contributed by atoms with Crippen LogP contribution in [0.2, 0.25) is 0 Å². The lowest BCUT2D eigenvalue weighted by molar-refractivity contribution is -0.116. The molecule has 6 rings (SSSR count). The summed E-state index contributed by atoms with van der Waals surface area (Å²) in [6.45, 7) is 2.15. The lowest BCUT2D eigenvalue weighted by Crippen LogP contribution is -2.60. The summed E-state index contributed by atoms with van der Waals surface area (Å²) < 4.78 is 25.7. The normalized spacial score (nSPS) is 17.0. The summed E-state index contributed by atoms with van der Waals surface area (Å²) in [6, 6.07) is 32.9. The third kappa shape index (κ3) is 6.72. The van der Waals surface area contributed by atoms with Crippen molar-refractivity contribution in [1.29, 1.82) is 0 Å². The standard InChI is InChI=1S/C22H20FNO.C9H10FNO.CH3Cl/c23-20-13-11-19(12-14-20)22(25)15-24(16-22)21(17-7-3-1-4-8-17)18-9-5-2-6-10-18;10-8-3-1-7(2-4-8)9(12)5-11-6-9;1-2/h1-14,21,25H,15-16H2;1-4,11-12H,5-6H2;1H3. The Morgan fingerprint density at radius 3 is 1.38 bits per heavy atom. The van der Waals surface area contributed by atoms with E-state index in [0.29, 0.717) is 26.2 Å². The summed E-state index contributed by atoms with van der Waals surface area (Å²) in [5.74, 6) is -0.551. The van der Waals surface area contributed by atoms with Gasteiger partial charge in [0.15, 0.2) is 0 Å². The van der Waals surface area contributed by atoms with Gasteiger partial charge in [-0.25, -0.2) is 8.78 Å². The van der Waals surface area contributed by atoms with Crippen molar-refractivity contribution in [3.05, 3.63) is 143 Å². The van der Waals surface area contributed by atoms with Gasteiger partial charge in [0.25, 0.3) is 0 Å². The predicted octanol–water partition coefficient (Wildman–Crippen LogP) is 5.59. The van der Waals surface area contributed by atoms with E-state index < -0.39 is 11.2 Å². The molecule has 0 aliphatic carbocycles. The first-order valence-electron chi connectivity index (χ1n) is 12.8. The Bertz CT molecular complexity index is 1260. The number of nitrogens with zero attached hydrogens (tertiary/aromatic N) is 1. The molecule has 0 aromatic heterocycles. The molecule has 4 aromatic rings. The van der Waals surface area contributed by atoms with Crippen LogP contribution in [0.4, 0.5) is 8.78 Å². The number of halogens is 3. The molecule has 0 spiro atoms. The van der Waals surface area contributed by atoms with Crippen molar-refractivity contribution < 1.29 is 19.0 Å². The molecule has 7 heteroatoms. The second-order valence-electron chi connectivity index (χ2n) is 9.81. The van der Waals surface area contributed by atoms with Crippen LogP contribution in [0.1, 0.15) is 28.3 Å². The first-order chi connectivity index (χ1) is 18.9. The number of alkyl halides is 1. The summed E-state index contributed by atoms with van der Waals surface area (Å²) in [6.07, 6.45) is 1.47.